The Kier molecular flexibility index (Phi) is 11.1. The molecule has 5 amide bonds. The largest absolute Gasteiger partial charge is 0.507 e. The van der Waals surface area contributed by atoms with Gasteiger partial charge in [0.15, 0.2) is 6.10 Å². The van der Waals surface area contributed by atoms with Crippen LogP contribution in [-0.2, 0) is 32.0 Å². The van der Waals surface area contributed by atoms with Crippen LogP contribution in [0.1, 0.15) is 49.7 Å². The van der Waals surface area contributed by atoms with Crippen molar-refractivity contribution in [2.24, 2.45) is 11.8 Å². The molecule has 0 aliphatic carbocycles. The lowest BCUT2D eigenvalue weighted by atomic mass is 9.78. The number of phenols is 1. The van der Waals surface area contributed by atoms with Gasteiger partial charge in [0.05, 0.1) is 4.47 Å². The average Bonchev–Trinajstić information content (AvgIpc) is 3.30. The summed E-state index contributed by atoms with van der Waals surface area (Å²) in [5, 5.41) is 22.1. The zero-order valence-electron chi connectivity index (χ0n) is 28.0. The summed E-state index contributed by atoms with van der Waals surface area (Å²) in [6.45, 7) is 3.26. The number of nitrogens with zero attached hydrogens (tertiary/aromatic N) is 4. The number of hydrogen-bond donors (Lipinski definition) is 3. The number of phenolic OH excluding ortho intramolecular Hbond substituents is 1. The molecule has 6 rings (SSSR count). The van der Waals surface area contributed by atoms with E-state index in [1.807, 2.05) is 29.2 Å². The van der Waals surface area contributed by atoms with Crippen molar-refractivity contribution in [1.29, 1.82) is 0 Å². The first-order valence-electron chi connectivity index (χ1n) is 17.5. The third kappa shape index (κ3) is 8.17. The van der Waals surface area contributed by atoms with Gasteiger partial charge in [0, 0.05) is 64.0 Å². The summed E-state index contributed by atoms with van der Waals surface area (Å²) in [6.07, 6.45) is 3.48. The van der Waals surface area contributed by atoms with Gasteiger partial charge in [-0.05, 0) is 102 Å². The van der Waals surface area contributed by atoms with E-state index in [2.05, 4.69) is 21.2 Å². The highest BCUT2D eigenvalue weighted by Crippen LogP contribution is 2.33. The number of urea groups is 1. The van der Waals surface area contributed by atoms with Crippen LogP contribution in [0.2, 0.25) is 0 Å². The van der Waals surface area contributed by atoms with Crippen molar-refractivity contribution in [3.05, 3.63) is 58.1 Å². The summed E-state index contributed by atoms with van der Waals surface area (Å²) in [4.78, 5) is 70.2. The van der Waals surface area contributed by atoms with Gasteiger partial charge in [0.2, 0.25) is 0 Å². The molecule has 0 unspecified atom stereocenters. The number of carboxylic acids is 1. The molecule has 4 aliphatic rings. The number of fused-ring (bicyclic) bond motifs is 1. The van der Waals surface area contributed by atoms with Gasteiger partial charge in [-0.3, -0.25) is 9.59 Å². The van der Waals surface area contributed by atoms with Gasteiger partial charge in [0.1, 0.15) is 5.75 Å². The number of carbonyl (C=O) groups excluding carboxylic acids is 4. The van der Waals surface area contributed by atoms with Crippen LogP contribution in [0.15, 0.2) is 46.9 Å². The number of piperidine rings is 3. The van der Waals surface area contributed by atoms with Crippen molar-refractivity contribution < 1.29 is 38.9 Å². The first-order valence-corrected chi connectivity index (χ1v) is 18.3. The lowest BCUT2D eigenvalue weighted by Crippen LogP contribution is -2.52. The number of amides is 5. The predicted octanol–water partition coefficient (Wildman–Crippen LogP) is 4.32. The summed E-state index contributed by atoms with van der Waals surface area (Å²) in [7, 11) is 0. The maximum Gasteiger partial charge on any atom is 0.410 e. The van der Waals surface area contributed by atoms with Gasteiger partial charge in [0.25, 0.3) is 5.91 Å². The topological polar surface area (TPSA) is 160 Å². The lowest BCUT2D eigenvalue weighted by molar-refractivity contribution is -0.156. The molecule has 0 radical (unpaired) electrons. The molecule has 3 N–H and O–H groups in total. The van der Waals surface area contributed by atoms with E-state index in [-0.39, 0.29) is 30.2 Å². The van der Waals surface area contributed by atoms with E-state index in [9.17, 15) is 29.1 Å². The number of carbonyl (C=O) groups is 5. The van der Waals surface area contributed by atoms with Gasteiger partial charge in [-0.25, -0.2) is 14.4 Å². The van der Waals surface area contributed by atoms with E-state index in [1.54, 1.807) is 21.9 Å². The highest BCUT2D eigenvalue weighted by Gasteiger charge is 2.37. The molecule has 268 valence electrons. The monoisotopic (exact) mass is 753 g/mol. The highest BCUT2D eigenvalue weighted by atomic mass is 79.9. The minimum Gasteiger partial charge on any atom is -0.507 e. The molecule has 14 heteroatoms. The number of anilines is 1. The number of aliphatic carboxylic acids is 1. The molecular weight excluding hydrogens is 710 g/mol. The Morgan fingerprint density at radius 1 is 0.840 bits per heavy atom. The highest BCUT2D eigenvalue weighted by molar-refractivity contribution is 9.10. The van der Waals surface area contributed by atoms with Crippen molar-refractivity contribution in [3.63, 3.8) is 0 Å². The molecule has 0 aromatic heterocycles. The summed E-state index contributed by atoms with van der Waals surface area (Å²) in [6, 6.07) is 12.6. The number of carboxylic acid groups (broad SMARTS) is 1. The minimum absolute atomic E-state index is 0.0219. The number of hydrogen-bond acceptors (Lipinski definition) is 7. The van der Waals surface area contributed by atoms with Crippen molar-refractivity contribution in [2.75, 3.05) is 51.1 Å². The number of benzene rings is 2. The normalized spacial score (nSPS) is 20.1. The van der Waals surface area contributed by atoms with Crippen LogP contribution >= 0.6 is 15.9 Å². The van der Waals surface area contributed by atoms with Crippen molar-refractivity contribution in [1.82, 2.24) is 19.6 Å². The lowest BCUT2D eigenvalue weighted by Gasteiger charge is -2.40. The third-order valence-electron chi connectivity index (χ3n) is 10.8. The summed E-state index contributed by atoms with van der Waals surface area (Å²) in [5.41, 5.74) is 2.66. The summed E-state index contributed by atoms with van der Waals surface area (Å²) in [5.74, 6) is -1.77. The molecular formula is C36H44BrN5O8. The molecule has 0 bridgehead atoms. The Morgan fingerprint density at radius 2 is 1.46 bits per heavy atom. The van der Waals surface area contributed by atoms with Crippen LogP contribution in [0.4, 0.5) is 15.3 Å². The van der Waals surface area contributed by atoms with E-state index in [1.165, 1.54) is 11.0 Å². The second kappa shape index (κ2) is 15.7. The van der Waals surface area contributed by atoms with E-state index in [0.717, 1.165) is 48.9 Å². The summed E-state index contributed by atoms with van der Waals surface area (Å²) < 4.78 is 6.46. The molecule has 2 aromatic rings. The molecule has 4 aliphatic heterocycles. The molecule has 50 heavy (non-hydrogen) atoms. The van der Waals surface area contributed by atoms with Crippen LogP contribution in [0.3, 0.4) is 0 Å². The first-order chi connectivity index (χ1) is 24.1. The molecule has 3 fully saturated rings. The molecule has 0 spiro atoms. The third-order valence-corrected chi connectivity index (χ3v) is 11.4. The second-order valence-electron chi connectivity index (χ2n) is 13.7. The van der Waals surface area contributed by atoms with Crippen LogP contribution in [-0.4, -0.2) is 118 Å². The van der Waals surface area contributed by atoms with E-state index in [4.69, 9.17) is 9.84 Å². The van der Waals surface area contributed by atoms with Crippen molar-refractivity contribution in [3.8, 4) is 5.75 Å². The molecule has 4 heterocycles. The first kappa shape index (κ1) is 35.5. The van der Waals surface area contributed by atoms with Crippen molar-refractivity contribution >= 4 is 51.5 Å². The molecule has 0 saturated carbocycles. The maximum atomic E-state index is 14.0. The number of aromatic hydroxyl groups is 1. The fourth-order valence-corrected chi connectivity index (χ4v) is 8.30. The van der Waals surface area contributed by atoms with Crippen LogP contribution in [0.25, 0.3) is 0 Å². The fourth-order valence-electron chi connectivity index (χ4n) is 7.87. The van der Waals surface area contributed by atoms with E-state index in [0.29, 0.717) is 75.0 Å². The molecule has 3 saturated heterocycles. The van der Waals surface area contributed by atoms with Crippen LogP contribution in [0, 0.1) is 11.8 Å². The minimum atomic E-state index is -1.43. The van der Waals surface area contributed by atoms with Gasteiger partial charge in [-0.15, -0.1) is 0 Å². The van der Waals surface area contributed by atoms with Gasteiger partial charge in [-0.2, -0.15) is 0 Å². The summed E-state index contributed by atoms with van der Waals surface area (Å²) >= 11 is 3.34. The molecule has 2 aromatic carbocycles. The Hall–Kier alpha value is -4.33. The number of rotatable bonds is 6. The number of para-hydroxylation sites is 1. The molecule has 13 nitrogen and oxygen atoms in total. The number of likely N-dealkylation sites (tertiary alicyclic amines) is 3. The number of nitrogens with one attached hydrogen (secondary N) is 1. The van der Waals surface area contributed by atoms with Crippen molar-refractivity contribution in [2.45, 2.75) is 63.5 Å². The van der Waals surface area contributed by atoms with E-state index >= 15 is 0 Å². The second-order valence-corrected chi connectivity index (χ2v) is 14.6. The Bertz CT molecular complexity index is 1600. The Balaban J connectivity index is 1.05. The predicted molar refractivity (Wildman–Crippen MR) is 186 cm³/mol. The number of halogens is 1. The number of ether oxygens (including phenoxy) is 1. The Labute approximate surface area is 299 Å². The quantitative estimate of drug-likeness (QED) is 0.368. The van der Waals surface area contributed by atoms with E-state index < -0.39 is 24.1 Å². The maximum absolute atomic E-state index is 14.0. The Morgan fingerprint density at radius 3 is 2.10 bits per heavy atom. The SMILES string of the molecule is O=C(O)C(=O)N1CCC(C2CCN(C(=O)[C@@H](Cc3ccc(O)c(Br)c3)OC(=O)N3CCC(N4CCc5ccccc5NC4=O)CC3)CC2)CC1. The fraction of sp³-hybridized carbons (Fsp3) is 0.528. The zero-order valence-corrected chi connectivity index (χ0v) is 29.6. The standard InChI is InChI=1S/C36H44BrN5O8/c37-28-21-23(5-6-30(28)43)22-31(32(44)39-14-7-24(8-15-39)25-9-16-40(17-10-25)33(45)34(46)47)50-36(49)41-18-12-27(13-19-41)42-20-11-26-3-1-2-4-29(26)38-35(42)48/h1-6,21,24-25,27,31,43H,7-20,22H2,(H,38,48)(H,46,47)/t31-/m1/s1. The van der Waals surface area contributed by atoms with Gasteiger partial charge >= 0.3 is 24.0 Å². The van der Waals surface area contributed by atoms with Crippen LogP contribution in [0.5, 0.6) is 5.75 Å². The van der Waals surface area contributed by atoms with Gasteiger partial charge in [-0.1, -0.05) is 24.3 Å². The average molecular weight is 755 g/mol. The van der Waals surface area contributed by atoms with Crippen LogP contribution < -0.4 is 5.32 Å². The zero-order chi connectivity index (χ0) is 35.4. The molecule has 1 atom stereocenters. The smallest absolute Gasteiger partial charge is 0.410 e. The van der Waals surface area contributed by atoms with Gasteiger partial charge < -0.3 is 39.9 Å².